The fourth-order valence-corrected chi connectivity index (χ4v) is 2.25. The lowest BCUT2D eigenvalue weighted by molar-refractivity contribution is -0.393. The van der Waals surface area contributed by atoms with E-state index >= 15 is 0 Å². The van der Waals surface area contributed by atoms with Gasteiger partial charge in [-0.3, -0.25) is 25.7 Å². The molecule has 0 saturated heterocycles. The molecule has 130 valence electrons. The van der Waals surface area contributed by atoms with Crippen molar-refractivity contribution in [2.75, 3.05) is 5.43 Å². The number of rotatable bonds is 7. The minimum atomic E-state index is -0.672. The summed E-state index contributed by atoms with van der Waals surface area (Å²) in [6, 6.07) is 12.9. The van der Waals surface area contributed by atoms with Crippen molar-refractivity contribution < 1.29 is 9.85 Å². The lowest BCUT2D eigenvalue weighted by atomic mass is 10.0. The van der Waals surface area contributed by atoms with Crippen LogP contribution in [0.5, 0.6) is 0 Å². The number of hydrogen-bond donors (Lipinski definition) is 1. The van der Waals surface area contributed by atoms with Gasteiger partial charge in [0.25, 0.3) is 5.69 Å². The number of anilines is 1. The van der Waals surface area contributed by atoms with Crippen molar-refractivity contribution in [3.05, 3.63) is 74.3 Å². The highest BCUT2D eigenvalue weighted by molar-refractivity contribution is 6.01. The zero-order chi connectivity index (χ0) is 18.4. The Morgan fingerprint density at radius 2 is 1.76 bits per heavy atom. The van der Waals surface area contributed by atoms with Crippen LogP contribution in [0.2, 0.25) is 0 Å². The first-order chi connectivity index (χ1) is 11.9. The molecule has 2 rings (SSSR count). The number of nitrogens with zero attached hydrogens (tertiary/aromatic N) is 3. The number of hydrazone groups is 1. The standard InChI is InChI=1S/C17H18N4O4/c1-12(2)10-16(13-6-4-3-5-7-13)19-18-15-9-8-14(20(22)23)11-17(15)21(24)25/h3-9,11-12,18H,10H2,1-2H3/b19-16-. The molecule has 2 aromatic carbocycles. The minimum Gasteiger partial charge on any atom is -0.271 e. The Balaban J connectivity index is 2.37. The predicted molar refractivity (Wildman–Crippen MR) is 95.8 cm³/mol. The van der Waals surface area contributed by atoms with Crippen molar-refractivity contribution in [3.8, 4) is 0 Å². The molecule has 0 heterocycles. The molecule has 0 aliphatic rings. The summed E-state index contributed by atoms with van der Waals surface area (Å²) in [6.07, 6.45) is 0.678. The lowest BCUT2D eigenvalue weighted by Crippen LogP contribution is -2.08. The van der Waals surface area contributed by atoms with E-state index in [1.807, 2.05) is 44.2 Å². The maximum Gasteiger partial charge on any atom is 0.301 e. The first-order valence-electron chi connectivity index (χ1n) is 7.69. The third-order valence-corrected chi connectivity index (χ3v) is 3.41. The van der Waals surface area contributed by atoms with Crippen molar-refractivity contribution in [1.29, 1.82) is 0 Å². The summed E-state index contributed by atoms with van der Waals surface area (Å²) in [6.45, 7) is 4.10. The summed E-state index contributed by atoms with van der Waals surface area (Å²) in [5, 5.41) is 26.3. The second-order valence-electron chi connectivity index (χ2n) is 5.85. The van der Waals surface area contributed by atoms with Gasteiger partial charge < -0.3 is 0 Å². The Hall–Kier alpha value is -3.29. The van der Waals surface area contributed by atoms with E-state index in [0.717, 1.165) is 17.3 Å². The topological polar surface area (TPSA) is 111 Å². The zero-order valence-electron chi connectivity index (χ0n) is 13.9. The molecular weight excluding hydrogens is 324 g/mol. The van der Waals surface area contributed by atoms with E-state index in [1.165, 1.54) is 12.1 Å². The Morgan fingerprint density at radius 1 is 1.08 bits per heavy atom. The fourth-order valence-electron chi connectivity index (χ4n) is 2.25. The van der Waals surface area contributed by atoms with Crippen molar-refractivity contribution >= 4 is 22.8 Å². The van der Waals surface area contributed by atoms with Crippen LogP contribution < -0.4 is 5.43 Å². The summed E-state index contributed by atoms with van der Waals surface area (Å²) >= 11 is 0. The van der Waals surface area contributed by atoms with Gasteiger partial charge in [-0.2, -0.15) is 5.10 Å². The summed E-state index contributed by atoms with van der Waals surface area (Å²) in [4.78, 5) is 20.6. The largest absolute Gasteiger partial charge is 0.301 e. The molecule has 2 aromatic rings. The highest BCUT2D eigenvalue weighted by Crippen LogP contribution is 2.29. The molecule has 0 radical (unpaired) electrons. The highest BCUT2D eigenvalue weighted by Gasteiger charge is 2.19. The third kappa shape index (κ3) is 4.84. The smallest absolute Gasteiger partial charge is 0.271 e. The number of hydrogen-bond acceptors (Lipinski definition) is 6. The first kappa shape index (κ1) is 18.1. The van der Waals surface area contributed by atoms with Crippen LogP contribution in [0.4, 0.5) is 17.1 Å². The van der Waals surface area contributed by atoms with Gasteiger partial charge in [0, 0.05) is 6.07 Å². The summed E-state index contributed by atoms with van der Waals surface area (Å²) in [5.41, 5.74) is 3.72. The van der Waals surface area contributed by atoms with Gasteiger partial charge in [-0.1, -0.05) is 44.2 Å². The van der Waals surface area contributed by atoms with Gasteiger partial charge in [0.2, 0.25) is 0 Å². The van der Waals surface area contributed by atoms with Crippen LogP contribution in [-0.4, -0.2) is 15.6 Å². The maximum absolute atomic E-state index is 11.2. The highest BCUT2D eigenvalue weighted by atomic mass is 16.6. The van der Waals surface area contributed by atoms with Crippen molar-refractivity contribution in [2.45, 2.75) is 20.3 Å². The van der Waals surface area contributed by atoms with Gasteiger partial charge in [-0.05, 0) is 24.0 Å². The number of benzene rings is 2. The summed E-state index contributed by atoms with van der Waals surface area (Å²) in [7, 11) is 0. The summed E-state index contributed by atoms with van der Waals surface area (Å²) in [5.74, 6) is 0.340. The lowest BCUT2D eigenvalue weighted by Gasteiger charge is -2.10. The van der Waals surface area contributed by atoms with E-state index in [9.17, 15) is 20.2 Å². The number of non-ortho nitro benzene ring substituents is 1. The number of nitro groups is 2. The molecule has 8 heteroatoms. The number of nitrogens with one attached hydrogen (secondary N) is 1. The molecule has 0 aliphatic heterocycles. The minimum absolute atomic E-state index is 0.104. The molecule has 0 bridgehead atoms. The first-order valence-corrected chi connectivity index (χ1v) is 7.69. The second-order valence-corrected chi connectivity index (χ2v) is 5.85. The Kier molecular flexibility index (Phi) is 5.78. The van der Waals surface area contributed by atoms with Crippen LogP contribution >= 0.6 is 0 Å². The molecule has 25 heavy (non-hydrogen) atoms. The summed E-state index contributed by atoms with van der Waals surface area (Å²) < 4.78 is 0. The number of nitro benzene ring substituents is 2. The molecule has 0 fully saturated rings. The van der Waals surface area contributed by atoms with Crippen molar-refractivity contribution in [3.63, 3.8) is 0 Å². The van der Waals surface area contributed by atoms with E-state index in [2.05, 4.69) is 10.5 Å². The quantitative estimate of drug-likeness (QED) is 0.456. The average molecular weight is 342 g/mol. The van der Waals surface area contributed by atoms with Gasteiger partial charge in [0.15, 0.2) is 0 Å². The predicted octanol–water partition coefficient (Wildman–Crippen LogP) is 4.37. The van der Waals surface area contributed by atoms with E-state index < -0.39 is 15.5 Å². The SMILES string of the molecule is CC(C)C/C(=N/Nc1ccc([N+](=O)[O-])cc1[N+](=O)[O-])c1ccccc1. The van der Waals surface area contributed by atoms with Crippen molar-refractivity contribution in [1.82, 2.24) is 0 Å². The molecule has 0 atom stereocenters. The van der Waals surface area contributed by atoms with Gasteiger partial charge in [0.05, 0.1) is 21.6 Å². The van der Waals surface area contributed by atoms with Crippen LogP contribution in [0.15, 0.2) is 53.6 Å². The van der Waals surface area contributed by atoms with Gasteiger partial charge >= 0.3 is 5.69 Å². The molecule has 0 spiro atoms. The molecule has 0 amide bonds. The van der Waals surface area contributed by atoms with Gasteiger partial charge in [-0.25, -0.2) is 0 Å². The maximum atomic E-state index is 11.2. The van der Waals surface area contributed by atoms with E-state index in [1.54, 1.807) is 0 Å². The molecule has 0 aromatic heterocycles. The van der Waals surface area contributed by atoms with Crippen LogP contribution in [0.25, 0.3) is 0 Å². The van der Waals surface area contributed by atoms with Gasteiger partial charge in [-0.15, -0.1) is 0 Å². The second kappa shape index (κ2) is 8.00. The normalized spacial score (nSPS) is 11.4. The molecule has 0 unspecified atom stereocenters. The third-order valence-electron chi connectivity index (χ3n) is 3.41. The Labute approximate surface area is 144 Å². The fraction of sp³-hybridized carbons (Fsp3) is 0.235. The van der Waals surface area contributed by atoms with Crippen molar-refractivity contribution in [2.24, 2.45) is 11.0 Å². The van der Waals surface area contributed by atoms with Crippen LogP contribution in [0.3, 0.4) is 0 Å². The molecule has 0 saturated carbocycles. The molecule has 8 nitrogen and oxygen atoms in total. The monoisotopic (exact) mass is 342 g/mol. The zero-order valence-corrected chi connectivity index (χ0v) is 13.9. The molecule has 0 aliphatic carbocycles. The average Bonchev–Trinajstić information content (AvgIpc) is 2.58. The van der Waals surface area contributed by atoms with E-state index in [0.29, 0.717) is 12.3 Å². The van der Waals surface area contributed by atoms with E-state index in [-0.39, 0.29) is 11.4 Å². The van der Waals surface area contributed by atoms with Crippen LogP contribution in [0.1, 0.15) is 25.8 Å². The Morgan fingerprint density at radius 3 is 2.32 bits per heavy atom. The van der Waals surface area contributed by atoms with Crippen LogP contribution in [-0.2, 0) is 0 Å². The Bertz CT molecular complexity index is 804. The molecular formula is C17H18N4O4. The van der Waals surface area contributed by atoms with E-state index in [4.69, 9.17) is 0 Å². The molecule has 1 N–H and O–H groups in total. The van der Waals surface area contributed by atoms with Gasteiger partial charge in [0.1, 0.15) is 5.69 Å². The van der Waals surface area contributed by atoms with Crippen LogP contribution in [0, 0.1) is 26.1 Å².